The van der Waals surface area contributed by atoms with Crippen LogP contribution in [0.5, 0.6) is 5.75 Å². The third kappa shape index (κ3) is 7.54. The number of aromatic nitrogens is 3. The number of benzene rings is 3. The average molecular weight is 634 g/mol. The highest BCUT2D eigenvalue weighted by atomic mass is 35.5. The van der Waals surface area contributed by atoms with Crippen molar-refractivity contribution in [2.75, 3.05) is 18.5 Å². The first-order valence-electron chi connectivity index (χ1n) is 13.0. The summed E-state index contributed by atoms with van der Waals surface area (Å²) in [4.78, 5) is 17.3. The normalized spacial score (nSPS) is 13.3. The predicted octanol–water partition coefficient (Wildman–Crippen LogP) is 7.84. The van der Waals surface area contributed by atoms with Crippen LogP contribution in [0.1, 0.15) is 31.2 Å². The fraction of sp³-hybridized carbons (Fsp3) is 0.233. The minimum Gasteiger partial charge on any atom is -0.492 e. The maximum Gasteiger partial charge on any atom is 0.138 e. The molecule has 0 radical (unpaired) electrons. The molecule has 6 rings (SSSR count). The van der Waals surface area contributed by atoms with Crippen LogP contribution in [-0.2, 0) is 0 Å². The molecule has 1 saturated carbocycles. The van der Waals surface area contributed by atoms with Gasteiger partial charge in [-0.25, -0.2) is 4.98 Å². The zero-order valence-electron chi connectivity index (χ0n) is 22.2. The summed E-state index contributed by atoms with van der Waals surface area (Å²) in [5, 5.41) is 5.13. The molecule has 0 spiro atoms. The Kier molecular flexibility index (Phi) is 11.5. The van der Waals surface area contributed by atoms with Gasteiger partial charge in [-0.1, -0.05) is 24.4 Å². The van der Waals surface area contributed by atoms with Crippen LogP contribution in [0.15, 0.2) is 77.9 Å². The van der Waals surface area contributed by atoms with Crippen LogP contribution in [0.25, 0.3) is 33.3 Å². The first kappa shape index (κ1) is 32.3. The standard InChI is InChI=1S/C30H29ClN6O.3ClH/c31-21-8-11-24-25(13-14-33-27(24)18-21)34-15-16-38-23-9-5-19(6-10-23)30-36-26-12-7-20(17-28(26)37-30)29(32)35-22-3-1-2-4-22;;;/h5-14,17-18,22H,1-4,15-16H2,(H2,32,35)(H,33,34)(H,36,37);3*1H. The number of halogens is 4. The van der Waals surface area contributed by atoms with E-state index in [0.29, 0.717) is 30.1 Å². The molecule has 0 aliphatic heterocycles. The number of imidazole rings is 1. The number of aromatic amines is 1. The largest absolute Gasteiger partial charge is 0.492 e. The van der Waals surface area contributed by atoms with Crippen molar-refractivity contribution in [2.45, 2.75) is 31.7 Å². The van der Waals surface area contributed by atoms with E-state index in [2.05, 4.69) is 15.3 Å². The van der Waals surface area contributed by atoms with Gasteiger partial charge < -0.3 is 20.8 Å². The lowest BCUT2D eigenvalue weighted by Crippen LogP contribution is -2.16. The highest BCUT2D eigenvalue weighted by Crippen LogP contribution is 2.26. The second-order valence-electron chi connectivity index (χ2n) is 9.59. The number of amidine groups is 1. The Morgan fingerprint density at radius 3 is 2.54 bits per heavy atom. The summed E-state index contributed by atoms with van der Waals surface area (Å²) in [6.07, 6.45) is 6.52. The molecule has 1 fully saturated rings. The number of ether oxygens (including phenoxy) is 1. The molecule has 1 aliphatic rings. The molecular weight excluding hydrogens is 602 g/mol. The predicted molar refractivity (Wildman–Crippen MR) is 177 cm³/mol. The molecule has 216 valence electrons. The number of anilines is 1. The summed E-state index contributed by atoms with van der Waals surface area (Å²) in [6.45, 7) is 1.18. The van der Waals surface area contributed by atoms with Crippen molar-refractivity contribution in [1.29, 1.82) is 0 Å². The van der Waals surface area contributed by atoms with E-state index < -0.39 is 0 Å². The van der Waals surface area contributed by atoms with Crippen molar-refractivity contribution in [3.63, 3.8) is 0 Å². The molecule has 0 saturated heterocycles. The summed E-state index contributed by atoms with van der Waals surface area (Å²) in [5.74, 6) is 2.21. The number of hydrogen-bond donors (Lipinski definition) is 3. The molecule has 0 bridgehead atoms. The molecule has 11 heteroatoms. The number of nitrogens with zero attached hydrogens (tertiary/aromatic N) is 3. The van der Waals surface area contributed by atoms with Gasteiger partial charge in [-0.3, -0.25) is 9.98 Å². The second kappa shape index (κ2) is 14.6. The maximum atomic E-state index is 6.30. The first-order valence-corrected chi connectivity index (χ1v) is 13.3. The number of aliphatic imine (C=N–C) groups is 1. The van der Waals surface area contributed by atoms with E-state index in [1.54, 1.807) is 6.20 Å². The minimum absolute atomic E-state index is 0. The van der Waals surface area contributed by atoms with E-state index in [-0.39, 0.29) is 37.2 Å². The molecular formula is C30H32Cl4N6O. The van der Waals surface area contributed by atoms with Crippen molar-refractivity contribution in [2.24, 2.45) is 10.7 Å². The number of rotatable bonds is 8. The Morgan fingerprint density at radius 2 is 1.76 bits per heavy atom. The fourth-order valence-electron chi connectivity index (χ4n) is 4.95. The number of H-pyrrole nitrogens is 1. The van der Waals surface area contributed by atoms with Gasteiger partial charge in [0, 0.05) is 40.0 Å². The Morgan fingerprint density at radius 1 is 0.976 bits per heavy atom. The van der Waals surface area contributed by atoms with Crippen molar-refractivity contribution >= 4 is 82.3 Å². The van der Waals surface area contributed by atoms with Crippen LogP contribution in [0.3, 0.4) is 0 Å². The van der Waals surface area contributed by atoms with Crippen molar-refractivity contribution < 1.29 is 4.74 Å². The first-order chi connectivity index (χ1) is 18.6. The molecule has 1 aliphatic carbocycles. The monoisotopic (exact) mass is 632 g/mol. The van der Waals surface area contributed by atoms with Gasteiger partial charge in [0.1, 0.15) is 24.0 Å². The molecule has 3 aromatic carbocycles. The lowest BCUT2D eigenvalue weighted by Gasteiger charge is -2.11. The molecule has 2 heterocycles. The summed E-state index contributed by atoms with van der Waals surface area (Å²) in [6, 6.07) is 22.0. The lowest BCUT2D eigenvalue weighted by atomic mass is 10.1. The van der Waals surface area contributed by atoms with Crippen molar-refractivity contribution in [1.82, 2.24) is 15.0 Å². The highest BCUT2D eigenvalue weighted by Gasteiger charge is 2.15. The van der Waals surface area contributed by atoms with Gasteiger partial charge in [-0.05, 0) is 79.6 Å². The van der Waals surface area contributed by atoms with E-state index in [1.165, 1.54) is 12.8 Å². The van der Waals surface area contributed by atoms with E-state index in [9.17, 15) is 0 Å². The van der Waals surface area contributed by atoms with Gasteiger partial charge in [0.05, 0.1) is 22.6 Å². The molecule has 0 unspecified atom stereocenters. The third-order valence-electron chi connectivity index (χ3n) is 6.94. The van der Waals surface area contributed by atoms with E-state index in [1.807, 2.05) is 66.7 Å². The Balaban J connectivity index is 0.00000154. The van der Waals surface area contributed by atoms with Crippen molar-refractivity contribution in [3.05, 3.63) is 83.5 Å². The van der Waals surface area contributed by atoms with E-state index in [4.69, 9.17) is 32.0 Å². The fourth-order valence-corrected chi connectivity index (χ4v) is 5.12. The molecule has 5 aromatic rings. The van der Waals surface area contributed by atoms with Crippen LogP contribution in [0.2, 0.25) is 5.02 Å². The van der Waals surface area contributed by atoms with Gasteiger partial charge >= 0.3 is 0 Å². The molecule has 41 heavy (non-hydrogen) atoms. The Labute approximate surface area is 262 Å². The van der Waals surface area contributed by atoms with Crippen LogP contribution in [0.4, 0.5) is 5.69 Å². The molecule has 2 aromatic heterocycles. The topological polar surface area (TPSA) is 101 Å². The second-order valence-corrected chi connectivity index (χ2v) is 10.0. The number of nitrogens with two attached hydrogens (primary N) is 1. The van der Waals surface area contributed by atoms with Gasteiger partial charge in [-0.2, -0.15) is 0 Å². The number of hydrogen-bond acceptors (Lipinski definition) is 5. The van der Waals surface area contributed by atoms with Gasteiger partial charge in [0.25, 0.3) is 0 Å². The quantitative estimate of drug-likeness (QED) is 0.0918. The average Bonchev–Trinajstić information content (AvgIpc) is 3.61. The Bertz CT molecular complexity index is 1620. The third-order valence-corrected chi connectivity index (χ3v) is 7.18. The highest BCUT2D eigenvalue weighted by molar-refractivity contribution is 6.31. The van der Waals surface area contributed by atoms with Gasteiger partial charge in [-0.15, -0.1) is 37.2 Å². The smallest absolute Gasteiger partial charge is 0.138 e. The molecule has 0 atom stereocenters. The van der Waals surface area contributed by atoms with Gasteiger partial charge in [0.2, 0.25) is 0 Å². The number of pyridine rings is 1. The summed E-state index contributed by atoms with van der Waals surface area (Å²) < 4.78 is 5.95. The van der Waals surface area contributed by atoms with Crippen LogP contribution >= 0.6 is 48.8 Å². The maximum absolute atomic E-state index is 6.30. The van der Waals surface area contributed by atoms with Crippen LogP contribution in [-0.4, -0.2) is 40.0 Å². The molecule has 7 nitrogen and oxygen atoms in total. The molecule has 0 amide bonds. The van der Waals surface area contributed by atoms with E-state index in [0.717, 1.165) is 63.2 Å². The molecule has 4 N–H and O–H groups in total. The minimum atomic E-state index is 0. The summed E-state index contributed by atoms with van der Waals surface area (Å²) in [7, 11) is 0. The summed E-state index contributed by atoms with van der Waals surface area (Å²) >= 11 is 6.08. The van der Waals surface area contributed by atoms with Crippen LogP contribution in [0, 0.1) is 0 Å². The number of fused-ring (bicyclic) bond motifs is 2. The van der Waals surface area contributed by atoms with Crippen LogP contribution < -0.4 is 15.8 Å². The van der Waals surface area contributed by atoms with E-state index >= 15 is 0 Å². The zero-order chi connectivity index (χ0) is 25.9. The van der Waals surface area contributed by atoms with Gasteiger partial charge in [0.15, 0.2) is 0 Å². The number of nitrogens with one attached hydrogen (secondary N) is 2. The van der Waals surface area contributed by atoms with Crippen molar-refractivity contribution in [3.8, 4) is 17.1 Å². The summed E-state index contributed by atoms with van der Waals surface area (Å²) in [5.41, 5.74) is 11.9. The Hall–Kier alpha value is -3.23. The zero-order valence-corrected chi connectivity index (χ0v) is 25.4. The SMILES string of the molecule is Cl.Cl.Cl.NC(=NC1CCCC1)c1ccc2nc(-c3ccc(OCCNc4ccnc5cc(Cl)ccc45)cc3)[nH]c2c1. The lowest BCUT2D eigenvalue weighted by molar-refractivity contribution is 0.333.